The van der Waals surface area contributed by atoms with E-state index in [0.29, 0.717) is 0 Å². The predicted octanol–water partition coefficient (Wildman–Crippen LogP) is 0.522. The standard InChI is InChI=1S/C11H18N2O2/c1-11(2,3)8-10(15)13-6-4-5-7(13)9(14)12-8/h7-8H,4-6H2,1-3H3,(H,12,14). The van der Waals surface area contributed by atoms with Gasteiger partial charge in [0.2, 0.25) is 11.8 Å². The molecule has 0 aromatic carbocycles. The maximum absolute atomic E-state index is 12.1. The van der Waals surface area contributed by atoms with Gasteiger partial charge < -0.3 is 10.2 Å². The highest BCUT2D eigenvalue weighted by molar-refractivity contribution is 5.97. The summed E-state index contributed by atoms with van der Waals surface area (Å²) in [6.07, 6.45) is 1.76. The number of rotatable bonds is 0. The topological polar surface area (TPSA) is 49.4 Å². The van der Waals surface area contributed by atoms with Crippen molar-refractivity contribution in [2.75, 3.05) is 6.54 Å². The third kappa shape index (κ3) is 1.62. The molecule has 0 aliphatic carbocycles. The van der Waals surface area contributed by atoms with Gasteiger partial charge in [0.05, 0.1) is 0 Å². The Morgan fingerprint density at radius 2 is 2.00 bits per heavy atom. The van der Waals surface area contributed by atoms with Crippen molar-refractivity contribution in [2.24, 2.45) is 5.41 Å². The number of hydrogen-bond acceptors (Lipinski definition) is 2. The van der Waals surface area contributed by atoms with Crippen molar-refractivity contribution in [3.8, 4) is 0 Å². The van der Waals surface area contributed by atoms with Crippen molar-refractivity contribution >= 4 is 11.8 Å². The third-order valence-electron chi connectivity index (χ3n) is 3.24. The molecule has 2 aliphatic heterocycles. The summed E-state index contributed by atoms with van der Waals surface area (Å²) in [6.45, 7) is 6.67. The first-order chi connectivity index (χ1) is 6.91. The molecule has 15 heavy (non-hydrogen) atoms. The molecule has 2 unspecified atom stereocenters. The highest BCUT2D eigenvalue weighted by Crippen LogP contribution is 2.29. The van der Waals surface area contributed by atoms with Crippen LogP contribution in [-0.4, -0.2) is 35.3 Å². The van der Waals surface area contributed by atoms with Crippen LogP contribution in [0.15, 0.2) is 0 Å². The van der Waals surface area contributed by atoms with E-state index in [4.69, 9.17) is 0 Å². The third-order valence-corrected chi connectivity index (χ3v) is 3.24. The molecule has 2 fully saturated rings. The Labute approximate surface area is 90.0 Å². The molecule has 0 bridgehead atoms. The molecule has 2 rings (SSSR count). The van der Waals surface area contributed by atoms with Crippen molar-refractivity contribution in [1.29, 1.82) is 0 Å². The second-order valence-electron chi connectivity index (χ2n) is 5.50. The Hall–Kier alpha value is -1.06. The van der Waals surface area contributed by atoms with Crippen LogP contribution in [-0.2, 0) is 9.59 Å². The Morgan fingerprint density at radius 3 is 2.60 bits per heavy atom. The van der Waals surface area contributed by atoms with Gasteiger partial charge in [-0.3, -0.25) is 9.59 Å². The summed E-state index contributed by atoms with van der Waals surface area (Å²) in [7, 11) is 0. The van der Waals surface area contributed by atoms with Crippen LogP contribution in [0.1, 0.15) is 33.6 Å². The fourth-order valence-electron chi connectivity index (χ4n) is 2.36. The molecule has 2 atom stereocenters. The number of nitrogens with one attached hydrogen (secondary N) is 1. The van der Waals surface area contributed by atoms with E-state index in [1.807, 2.05) is 20.8 Å². The van der Waals surface area contributed by atoms with Crippen LogP contribution in [0.4, 0.5) is 0 Å². The highest BCUT2D eigenvalue weighted by Gasteiger charge is 2.46. The summed E-state index contributed by atoms with van der Waals surface area (Å²) in [4.78, 5) is 25.6. The molecule has 2 heterocycles. The number of nitrogens with zero attached hydrogens (tertiary/aromatic N) is 1. The monoisotopic (exact) mass is 210 g/mol. The van der Waals surface area contributed by atoms with Gasteiger partial charge in [-0.05, 0) is 18.3 Å². The van der Waals surface area contributed by atoms with E-state index in [9.17, 15) is 9.59 Å². The van der Waals surface area contributed by atoms with Crippen LogP contribution in [0.2, 0.25) is 0 Å². The van der Waals surface area contributed by atoms with Gasteiger partial charge >= 0.3 is 0 Å². The molecular weight excluding hydrogens is 192 g/mol. The first-order valence-electron chi connectivity index (χ1n) is 5.52. The molecule has 1 N–H and O–H groups in total. The molecule has 0 aromatic heterocycles. The van der Waals surface area contributed by atoms with Crippen molar-refractivity contribution in [3.63, 3.8) is 0 Å². The van der Waals surface area contributed by atoms with Gasteiger partial charge in [-0.1, -0.05) is 20.8 Å². The number of carbonyl (C=O) groups excluding carboxylic acids is 2. The van der Waals surface area contributed by atoms with E-state index in [1.54, 1.807) is 4.90 Å². The minimum Gasteiger partial charge on any atom is -0.342 e. The van der Waals surface area contributed by atoms with E-state index in [0.717, 1.165) is 19.4 Å². The SMILES string of the molecule is CC(C)(C)C1NC(=O)C2CCCN2C1=O. The normalized spacial score (nSPS) is 31.5. The molecule has 0 spiro atoms. The molecule has 4 nitrogen and oxygen atoms in total. The van der Waals surface area contributed by atoms with E-state index >= 15 is 0 Å². The van der Waals surface area contributed by atoms with Crippen molar-refractivity contribution in [2.45, 2.75) is 45.7 Å². The highest BCUT2D eigenvalue weighted by atomic mass is 16.2. The number of hydrogen-bond donors (Lipinski definition) is 1. The average molecular weight is 210 g/mol. The lowest BCUT2D eigenvalue weighted by molar-refractivity contribution is -0.150. The molecule has 0 aromatic rings. The summed E-state index contributed by atoms with van der Waals surface area (Å²) in [6, 6.07) is -0.560. The number of piperazine rings is 1. The first-order valence-corrected chi connectivity index (χ1v) is 5.52. The van der Waals surface area contributed by atoms with E-state index < -0.39 is 0 Å². The van der Waals surface area contributed by atoms with Gasteiger partial charge in [0.1, 0.15) is 12.1 Å². The van der Waals surface area contributed by atoms with Crippen LogP contribution in [0.3, 0.4) is 0 Å². The summed E-state index contributed by atoms with van der Waals surface area (Å²) in [5.41, 5.74) is -0.208. The van der Waals surface area contributed by atoms with E-state index in [-0.39, 0.29) is 29.3 Å². The summed E-state index contributed by atoms with van der Waals surface area (Å²) in [5.74, 6) is 0.108. The largest absolute Gasteiger partial charge is 0.342 e. The Balaban J connectivity index is 2.25. The Morgan fingerprint density at radius 1 is 1.33 bits per heavy atom. The van der Waals surface area contributed by atoms with Crippen molar-refractivity contribution < 1.29 is 9.59 Å². The van der Waals surface area contributed by atoms with Gasteiger partial charge in [0, 0.05) is 6.54 Å². The maximum atomic E-state index is 12.1. The van der Waals surface area contributed by atoms with Crippen LogP contribution >= 0.6 is 0 Å². The molecule has 2 saturated heterocycles. The van der Waals surface area contributed by atoms with Crippen LogP contribution in [0.5, 0.6) is 0 Å². The fraction of sp³-hybridized carbons (Fsp3) is 0.818. The zero-order chi connectivity index (χ0) is 11.2. The van der Waals surface area contributed by atoms with Crippen molar-refractivity contribution in [1.82, 2.24) is 10.2 Å². The maximum Gasteiger partial charge on any atom is 0.246 e. The average Bonchev–Trinajstić information content (AvgIpc) is 2.58. The lowest BCUT2D eigenvalue weighted by atomic mass is 9.84. The Bertz CT molecular complexity index is 306. The smallest absolute Gasteiger partial charge is 0.246 e. The lowest BCUT2D eigenvalue weighted by Gasteiger charge is -2.40. The molecular formula is C11H18N2O2. The molecule has 84 valence electrons. The summed E-state index contributed by atoms with van der Waals surface area (Å²) in [5, 5.41) is 2.85. The number of amides is 2. The minimum atomic E-state index is -0.362. The van der Waals surface area contributed by atoms with Crippen LogP contribution < -0.4 is 5.32 Å². The van der Waals surface area contributed by atoms with Crippen LogP contribution in [0.25, 0.3) is 0 Å². The second-order valence-corrected chi connectivity index (χ2v) is 5.50. The lowest BCUT2D eigenvalue weighted by Crippen LogP contribution is -2.64. The van der Waals surface area contributed by atoms with E-state index in [2.05, 4.69) is 5.32 Å². The predicted molar refractivity (Wildman–Crippen MR) is 56.1 cm³/mol. The number of fused-ring (bicyclic) bond motifs is 1. The van der Waals surface area contributed by atoms with Gasteiger partial charge in [-0.2, -0.15) is 0 Å². The molecule has 0 saturated carbocycles. The molecule has 2 amide bonds. The van der Waals surface area contributed by atoms with Gasteiger partial charge in [-0.25, -0.2) is 0 Å². The minimum absolute atomic E-state index is 0.0204. The first kappa shape index (κ1) is 10.5. The Kier molecular flexibility index (Phi) is 2.24. The molecule has 4 heteroatoms. The summed E-state index contributed by atoms with van der Waals surface area (Å²) >= 11 is 0. The number of carbonyl (C=O) groups is 2. The summed E-state index contributed by atoms with van der Waals surface area (Å²) < 4.78 is 0. The quantitative estimate of drug-likeness (QED) is 0.633. The van der Waals surface area contributed by atoms with Gasteiger partial charge in [-0.15, -0.1) is 0 Å². The van der Waals surface area contributed by atoms with Gasteiger partial charge in [0.25, 0.3) is 0 Å². The van der Waals surface area contributed by atoms with Gasteiger partial charge in [0.15, 0.2) is 0 Å². The van der Waals surface area contributed by atoms with Crippen LogP contribution in [0, 0.1) is 5.41 Å². The molecule has 0 radical (unpaired) electrons. The van der Waals surface area contributed by atoms with Crippen molar-refractivity contribution in [3.05, 3.63) is 0 Å². The fourth-order valence-corrected chi connectivity index (χ4v) is 2.36. The zero-order valence-electron chi connectivity index (χ0n) is 9.54. The van der Waals surface area contributed by atoms with E-state index in [1.165, 1.54) is 0 Å². The molecule has 2 aliphatic rings. The zero-order valence-corrected chi connectivity index (χ0v) is 9.54. The second kappa shape index (κ2) is 3.22.